The van der Waals surface area contributed by atoms with Crippen LogP contribution in [0.25, 0.3) is 0 Å². The average Bonchev–Trinajstić information content (AvgIpc) is 2.61. The highest BCUT2D eigenvalue weighted by molar-refractivity contribution is 5.78. The first-order valence-corrected chi connectivity index (χ1v) is 7.99. The fourth-order valence-corrected chi connectivity index (χ4v) is 3.19. The molecule has 2 aliphatic rings. The smallest absolute Gasteiger partial charge is 0.336 e. The maximum atomic E-state index is 12.4. The summed E-state index contributed by atoms with van der Waals surface area (Å²) in [6.45, 7) is 1.07. The second kappa shape index (κ2) is 7.00. The van der Waals surface area contributed by atoms with Gasteiger partial charge in [-0.25, -0.2) is 9.59 Å². The van der Waals surface area contributed by atoms with Crippen LogP contribution in [0.4, 0.5) is 4.79 Å². The molecule has 3 rings (SSSR count). The third-order valence-electron chi connectivity index (χ3n) is 4.49. The Morgan fingerprint density at radius 3 is 2.87 bits per heavy atom. The Morgan fingerprint density at radius 1 is 1.30 bits per heavy atom. The van der Waals surface area contributed by atoms with Crippen molar-refractivity contribution in [2.75, 3.05) is 26.8 Å². The number of nitrogens with zero attached hydrogens (tertiary/aromatic N) is 1. The number of amides is 2. The molecule has 6 heteroatoms. The molecule has 124 valence electrons. The third kappa shape index (κ3) is 3.64. The first-order chi connectivity index (χ1) is 11.2. The molecule has 1 N–H and O–H groups in total. The molecule has 0 unspecified atom stereocenters. The molecular formula is C17H22N2O4. The molecule has 1 aliphatic heterocycles. The van der Waals surface area contributed by atoms with E-state index in [0.717, 1.165) is 19.3 Å². The Morgan fingerprint density at radius 2 is 2.09 bits per heavy atom. The summed E-state index contributed by atoms with van der Waals surface area (Å²) in [5.74, 6) is -0.436. The molecule has 23 heavy (non-hydrogen) atoms. The van der Waals surface area contributed by atoms with Crippen molar-refractivity contribution in [1.29, 1.82) is 0 Å². The SMILES string of the molecule is COC(=O)[C@H]1CN(C(=O)N[C@H]2CCc3ccccc3C2)CCO1. The number of hydrogen-bond acceptors (Lipinski definition) is 4. The number of benzene rings is 1. The van der Waals surface area contributed by atoms with Crippen LogP contribution in [-0.4, -0.2) is 55.9 Å². The number of carbonyl (C=O) groups is 2. The van der Waals surface area contributed by atoms with E-state index in [4.69, 9.17) is 4.74 Å². The lowest BCUT2D eigenvalue weighted by Crippen LogP contribution is -2.54. The second-order valence-electron chi connectivity index (χ2n) is 5.99. The minimum absolute atomic E-state index is 0.133. The van der Waals surface area contributed by atoms with E-state index < -0.39 is 12.1 Å². The van der Waals surface area contributed by atoms with Gasteiger partial charge >= 0.3 is 12.0 Å². The van der Waals surface area contributed by atoms with Crippen molar-refractivity contribution in [3.63, 3.8) is 0 Å². The van der Waals surface area contributed by atoms with Crippen molar-refractivity contribution in [2.24, 2.45) is 0 Å². The number of fused-ring (bicyclic) bond motifs is 1. The number of hydrogen-bond donors (Lipinski definition) is 1. The van der Waals surface area contributed by atoms with Crippen molar-refractivity contribution in [3.8, 4) is 0 Å². The maximum Gasteiger partial charge on any atom is 0.336 e. The van der Waals surface area contributed by atoms with Crippen LogP contribution in [0.1, 0.15) is 17.5 Å². The summed E-state index contributed by atoms with van der Waals surface area (Å²) in [6, 6.07) is 8.36. The largest absolute Gasteiger partial charge is 0.467 e. The van der Waals surface area contributed by atoms with Crippen LogP contribution >= 0.6 is 0 Å². The molecule has 0 spiro atoms. The summed E-state index contributed by atoms with van der Waals surface area (Å²) in [5, 5.41) is 3.09. The zero-order chi connectivity index (χ0) is 16.2. The van der Waals surface area contributed by atoms with Crippen LogP contribution in [0.5, 0.6) is 0 Å². The van der Waals surface area contributed by atoms with Crippen molar-refractivity contribution in [3.05, 3.63) is 35.4 Å². The number of aryl methyl sites for hydroxylation is 1. The molecule has 1 saturated heterocycles. The van der Waals surface area contributed by atoms with Crippen LogP contribution in [0.2, 0.25) is 0 Å². The highest BCUT2D eigenvalue weighted by atomic mass is 16.6. The van der Waals surface area contributed by atoms with Gasteiger partial charge in [0.25, 0.3) is 0 Å². The van der Waals surface area contributed by atoms with Crippen LogP contribution in [0.15, 0.2) is 24.3 Å². The second-order valence-corrected chi connectivity index (χ2v) is 5.99. The van der Waals surface area contributed by atoms with E-state index >= 15 is 0 Å². The number of carbonyl (C=O) groups excluding carboxylic acids is 2. The Balaban J connectivity index is 1.56. The fourth-order valence-electron chi connectivity index (χ4n) is 3.19. The molecule has 1 aromatic carbocycles. The van der Waals surface area contributed by atoms with Crippen LogP contribution in [0, 0.1) is 0 Å². The van der Waals surface area contributed by atoms with Crippen molar-refractivity contribution in [2.45, 2.75) is 31.4 Å². The zero-order valence-electron chi connectivity index (χ0n) is 13.3. The van der Waals surface area contributed by atoms with Crippen molar-refractivity contribution >= 4 is 12.0 Å². The molecule has 1 aliphatic carbocycles. The number of urea groups is 1. The Hall–Kier alpha value is -2.08. The molecule has 1 aromatic rings. The van der Waals surface area contributed by atoms with Gasteiger partial charge in [0.1, 0.15) is 0 Å². The molecule has 0 saturated carbocycles. The van der Waals surface area contributed by atoms with Gasteiger partial charge in [0, 0.05) is 12.6 Å². The summed E-state index contributed by atoms with van der Waals surface area (Å²) < 4.78 is 10.0. The monoisotopic (exact) mass is 318 g/mol. The minimum atomic E-state index is -0.688. The normalized spacial score (nSPS) is 23.8. The molecule has 2 atom stereocenters. The maximum absolute atomic E-state index is 12.4. The lowest BCUT2D eigenvalue weighted by molar-refractivity contribution is -0.158. The van der Waals surface area contributed by atoms with Gasteiger partial charge in [0.2, 0.25) is 0 Å². The number of ether oxygens (including phenoxy) is 2. The number of nitrogens with one attached hydrogen (secondary N) is 1. The molecule has 0 bridgehead atoms. The molecular weight excluding hydrogens is 296 g/mol. The zero-order valence-corrected chi connectivity index (χ0v) is 13.3. The van der Waals surface area contributed by atoms with Gasteiger partial charge in [-0.2, -0.15) is 0 Å². The first kappa shape index (κ1) is 15.8. The lowest BCUT2D eigenvalue weighted by Gasteiger charge is -2.33. The number of esters is 1. The summed E-state index contributed by atoms with van der Waals surface area (Å²) in [5.41, 5.74) is 2.67. The molecule has 0 radical (unpaired) electrons. The van der Waals surface area contributed by atoms with Gasteiger partial charge in [0.15, 0.2) is 6.10 Å². The van der Waals surface area contributed by atoms with E-state index in [0.29, 0.717) is 13.2 Å². The predicted octanol–water partition coefficient (Wildman–Crippen LogP) is 1.13. The summed E-state index contributed by atoms with van der Waals surface area (Å²) >= 11 is 0. The topological polar surface area (TPSA) is 67.9 Å². The van der Waals surface area contributed by atoms with Crippen LogP contribution in [-0.2, 0) is 27.1 Å². The van der Waals surface area contributed by atoms with Crippen LogP contribution < -0.4 is 5.32 Å². The molecule has 6 nitrogen and oxygen atoms in total. The summed E-state index contributed by atoms with van der Waals surface area (Å²) in [6.07, 6.45) is 2.08. The molecule has 2 amide bonds. The standard InChI is InChI=1S/C17H22N2O4/c1-22-16(20)15-11-19(8-9-23-15)17(21)18-14-7-6-12-4-2-3-5-13(12)10-14/h2-5,14-15H,6-11H2,1H3,(H,18,21)/t14-,15+/m0/s1. The molecule has 0 aromatic heterocycles. The van der Waals surface area contributed by atoms with Gasteiger partial charge in [0.05, 0.1) is 20.3 Å². The number of methoxy groups -OCH3 is 1. The third-order valence-corrected chi connectivity index (χ3v) is 4.49. The van der Waals surface area contributed by atoms with Gasteiger partial charge in [-0.1, -0.05) is 24.3 Å². The quantitative estimate of drug-likeness (QED) is 0.830. The van der Waals surface area contributed by atoms with Gasteiger partial charge in [-0.05, 0) is 30.4 Å². The molecule has 1 heterocycles. The van der Waals surface area contributed by atoms with E-state index in [1.165, 1.54) is 18.2 Å². The lowest BCUT2D eigenvalue weighted by atomic mass is 9.88. The van der Waals surface area contributed by atoms with Crippen LogP contribution in [0.3, 0.4) is 0 Å². The molecule has 1 fully saturated rings. The number of rotatable bonds is 2. The van der Waals surface area contributed by atoms with E-state index in [2.05, 4.69) is 28.3 Å². The highest BCUT2D eigenvalue weighted by Gasteiger charge is 2.31. The van der Waals surface area contributed by atoms with Crippen molar-refractivity contribution in [1.82, 2.24) is 10.2 Å². The summed E-state index contributed by atoms with van der Waals surface area (Å²) in [4.78, 5) is 25.6. The average molecular weight is 318 g/mol. The van der Waals surface area contributed by atoms with Crippen molar-refractivity contribution < 1.29 is 19.1 Å². The predicted molar refractivity (Wildman–Crippen MR) is 84.1 cm³/mol. The first-order valence-electron chi connectivity index (χ1n) is 7.99. The van der Waals surface area contributed by atoms with E-state index in [9.17, 15) is 9.59 Å². The Kier molecular flexibility index (Phi) is 4.81. The highest BCUT2D eigenvalue weighted by Crippen LogP contribution is 2.21. The summed E-state index contributed by atoms with van der Waals surface area (Å²) in [7, 11) is 1.32. The number of morpholine rings is 1. The Bertz CT molecular complexity index is 590. The van der Waals surface area contributed by atoms with E-state index in [1.807, 2.05) is 6.07 Å². The van der Waals surface area contributed by atoms with Gasteiger partial charge in [-0.15, -0.1) is 0 Å². The van der Waals surface area contributed by atoms with E-state index in [-0.39, 0.29) is 18.6 Å². The minimum Gasteiger partial charge on any atom is -0.467 e. The fraction of sp³-hybridized carbons (Fsp3) is 0.529. The van der Waals surface area contributed by atoms with E-state index in [1.54, 1.807) is 4.90 Å². The van der Waals surface area contributed by atoms with Gasteiger partial charge in [-0.3, -0.25) is 0 Å². The van der Waals surface area contributed by atoms with Gasteiger partial charge < -0.3 is 19.7 Å². The Labute approximate surface area is 135 Å².